The van der Waals surface area contributed by atoms with E-state index in [1.165, 1.54) is 5.69 Å². The predicted molar refractivity (Wildman–Crippen MR) is 139 cm³/mol. The van der Waals surface area contributed by atoms with Crippen LogP contribution in [0.4, 0.5) is 5.69 Å². The van der Waals surface area contributed by atoms with E-state index >= 15 is 0 Å². The summed E-state index contributed by atoms with van der Waals surface area (Å²) in [5, 5.41) is 1.14. The number of imidazole rings is 1. The van der Waals surface area contributed by atoms with Gasteiger partial charge in [-0.15, -0.1) is 0 Å². The Balaban J connectivity index is 1.29. The number of ether oxygens (including phenoxy) is 1. The van der Waals surface area contributed by atoms with Gasteiger partial charge in [0.05, 0.1) is 27.9 Å². The van der Waals surface area contributed by atoms with Gasteiger partial charge in [0.2, 0.25) is 0 Å². The van der Waals surface area contributed by atoms with Crippen LogP contribution in [0.3, 0.4) is 0 Å². The third kappa shape index (κ3) is 4.31. The fourth-order valence-electron chi connectivity index (χ4n) is 4.83. The van der Waals surface area contributed by atoms with Gasteiger partial charge in [0, 0.05) is 30.7 Å². The van der Waals surface area contributed by atoms with E-state index in [0.29, 0.717) is 12.5 Å². The summed E-state index contributed by atoms with van der Waals surface area (Å²) in [6.45, 7) is 3.23. The van der Waals surface area contributed by atoms with Gasteiger partial charge in [-0.3, -0.25) is 9.55 Å². The Labute approximate surface area is 204 Å². The lowest BCUT2D eigenvalue weighted by Gasteiger charge is -2.33. The van der Waals surface area contributed by atoms with E-state index in [0.717, 1.165) is 71.7 Å². The first-order chi connectivity index (χ1) is 17.3. The highest BCUT2D eigenvalue weighted by atomic mass is 16.5. The van der Waals surface area contributed by atoms with Crippen molar-refractivity contribution in [2.75, 3.05) is 24.5 Å². The van der Waals surface area contributed by atoms with Crippen molar-refractivity contribution < 1.29 is 4.74 Å². The number of benzene rings is 2. The molecule has 176 valence electrons. The highest BCUT2D eigenvalue weighted by Crippen LogP contribution is 2.30. The molecule has 0 amide bonds. The number of pyridine rings is 2. The molecule has 4 heterocycles. The Morgan fingerprint density at radius 3 is 2.69 bits per heavy atom. The molecular formula is C28H28N6O. The molecule has 0 atom stereocenters. The van der Waals surface area contributed by atoms with Gasteiger partial charge in [-0.05, 0) is 67.8 Å². The van der Waals surface area contributed by atoms with Gasteiger partial charge < -0.3 is 15.4 Å². The number of nitrogens with zero attached hydrogens (tertiary/aromatic N) is 5. The number of para-hydroxylation sites is 1. The van der Waals surface area contributed by atoms with Crippen LogP contribution < -0.4 is 15.4 Å². The molecule has 1 aliphatic heterocycles. The molecule has 35 heavy (non-hydrogen) atoms. The monoisotopic (exact) mass is 464 g/mol. The minimum atomic E-state index is 0.421. The molecule has 3 aromatic heterocycles. The van der Waals surface area contributed by atoms with Crippen LogP contribution in [0.25, 0.3) is 27.8 Å². The molecule has 7 heteroatoms. The molecule has 2 aromatic carbocycles. The number of hydrogen-bond acceptors (Lipinski definition) is 6. The van der Waals surface area contributed by atoms with Crippen LogP contribution in [-0.2, 0) is 6.61 Å². The Bertz CT molecular complexity index is 1460. The normalized spacial score (nSPS) is 14.6. The fraction of sp³-hybridized carbons (Fsp3) is 0.250. The molecule has 2 N–H and O–H groups in total. The van der Waals surface area contributed by atoms with Gasteiger partial charge in [0.25, 0.3) is 0 Å². The molecule has 6 rings (SSSR count). The quantitative estimate of drug-likeness (QED) is 0.391. The Morgan fingerprint density at radius 2 is 1.86 bits per heavy atom. The third-order valence-corrected chi connectivity index (χ3v) is 6.85. The van der Waals surface area contributed by atoms with Gasteiger partial charge in [0.15, 0.2) is 0 Å². The smallest absolute Gasteiger partial charge is 0.139 e. The summed E-state index contributed by atoms with van der Waals surface area (Å²) in [5.41, 5.74) is 10.9. The number of rotatable bonds is 6. The van der Waals surface area contributed by atoms with E-state index in [1.807, 2.05) is 47.3 Å². The van der Waals surface area contributed by atoms with Gasteiger partial charge >= 0.3 is 0 Å². The lowest BCUT2D eigenvalue weighted by Crippen LogP contribution is -2.36. The first-order valence-corrected chi connectivity index (χ1v) is 12.1. The van der Waals surface area contributed by atoms with Crippen molar-refractivity contribution in [3.63, 3.8) is 0 Å². The average Bonchev–Trinajstić information content (AvgIpc) is 3.35. The summed E-state index contributed by atoms with van der Waals surface area (Å²) in [4.78, 5) is 16.5. The Morgan fingerprint density at radius 1 is 0.943 bits per heavy atom. The number of anilines is 1. The zero-order valence-electron chi connectivity index (χ0n) is 19.5. The summed E-state index contributed by atoms with van der Waals surface area (Å²) in [5.74, 6) is 2.24. The lowest BCUT2D eigenvalue weighted by atomic mass is 9.96. The van der Waals surface area contributed by atoms with Crippen molar-refractivity contribution in [3.8, 4) is 11.6 Å². The van der Waals surface area contributed by atoms with Crippen LogP contribution in [0.2, 0.25) is 0 Å². The lowest BCUT2D eigenvalue weighted by molar-refractivity contribution is 0.301. The van der Waals surface area contributed by atoms with Crippen molar-refractivity contribution in [2.45, 2.75) is 19.4 Å². The first-order valence-electron chi connectivity index (χ1n) is 12.1. The van der Waals surface area contributed by atoms with Crippen LogP contribution >= 0.6 is 0 Å². The van der Waals surface area contributed by atoms with Crippen LogP contribution in [0, 0.1) is 5.92 Å². The Hall–Kier alpha value is -3.97. The van der Waals surface area contributed by atoms with E-state index in [1.54, 1.807) is 6.20 Å². The molecule has 0 aliphatic carbocycles. The van der Waals surface area contributed by atoms with E-state index in [-0.39, 0.29) is 0 Å². The molecule has 0 spiro atoms. The second-order valence-electron chi connectivity index (χ2n) is 9.06. The van der Waals surface area contributed by atoms with E-state index in [9.17, 15) is 0 Å². The summed E-state index contributed by atoms with van der Waals surface area (Å²) in [6, 6.07) is 22.4. The topological polar surface area (TPSA) is 82.1 Å². The standard InChI is InChI=1S/C28H28N6O/c29-17-20-11-14-33(15-12-20)26-6-3-4-21-7-10-27(32-28(21)26)34-19-31-24-16-23(8-9-25(24)34)35-18-22-5-1-2-13-30-22/h1-10,13,16,19-20H,11-12,14-15,17-18,29H2. The van der Waals surface area contributed by atoms with Crippen LogP contribution in [0.1, 0.15) is 18.5 Å². The van der Waals surface area contributed by atoms with Crippen LogP contribution in [0.15, 0.2) is 79.3 Å². The molecule has 0 bridgehead atoms. The van der Waals surface area contributed by atoms with Crippen LogP contribution in [-0.4, -0.2) is 39.2 Å². The van der Waals surface area contributed by atoms with Gasteiger partial charge in [-0.25, -0.2) is 9.97 Å². The molecule has 0 radical (unpaired) electrons. The predicted octanol–water partition coefficient (Wildman–Crippen LogP) is 4.72. The number of piperidine rings is 1. The second kappa shape index (κ2) is 9.35. The summed E-state index contributed by atoms with van der Waals surface area (Å²) in [7, 11) is 0. The van der Waals surface area contributed by atoms with E-state index in [4.69, 9.17) is 15.5 Å². The first kappa shape index (κ1) is 21.6. The molecule has 0 unspecified atom stereocenters. The molecule has 1 fully saturated rings. The summed E-state index contributed by atoms with van der Waals surface area (Å²) in [6.07, 6.45) is 5.86. The highest BCUT2D eigenvalue weighted by Gasteiger charge is 2.20. The summed E-state index contributed by atoms with van der Waals surface area (Å²) < 4.78 is 7.97. The maximum Gasteiger partial charge on any atom is 0.139 e. The molecule has 5 aromatic rings. The SMILES string of the molecule is NCC1CCN(c2cccc3ccc(-n4cnc5cc(OCc6ccccn6)ccc54)nc23)CC1. The second-order valence-corrected chi connectivity index (χ2v) is 9.06. The van der Waals surface area contributed by atoms with Crippen LogP contribution in [0.5, 0.6) is 5.75 Å². The van der Waals surface area contributed by atoms with E-state index < -0.39 is 0 Å². The zero-order valence-corrected chi connectivity index (χ0v) is 19.5. The Kier molecular flexibility index (Phi) is 5.76. The minimum Gasteiger partial charge on any atom is -0.487 e. The minimum absolute atomic E-state index is 0.421. The molecular weight excluding hydrogens is 436 g/mol. The van der Waals surface area contributed by atoms with Crippen molar-refractivity contribution in [2.24, 2.45) is 11.7 Å². The van der Waals surface area contributed by atoms with E-state index in [2.05, 4.69) is 45.2 Å². The highest BCUT2D eigenvalue weighted by molar-refractivity contribution is 5.92. The van der Waals surface area contributed by atoms with Gasteiger partial charge in [0.1, 0.15) is 24.5 Å². The molecule has 1 aliphatic rings. The van der Waals surface area contributed by atoms with Crippen molar-refractivity contribution in [1.29, 1.82) is 0 Å². The maximum atomic E-state index is 5.93. The average molecular weight is 465 g/mol. The third-order valence-electron chi connectivity index (χ3n) is 6.85. The largest absolute Gasteiger partial charge is 0.487 e. The van der Waals surface area contributed by atoms with Gasteiger partial charge in [-0.2, -0.15) is 0 Å². The fourth-order valence-corrected chi connectivity index (χ4v) is 4.83. The number of fused-ring (bicyclic) bond motifs is 2. The summed E-state index contributed by atoms with van der Waals surface area (Å²) >= 11 is 0. The molecule has 0 saturated carbocycles. The zero-order chi connectivity index (χ0) is 23.6. The van der Waals surface area contributed by atoms with Crippen molar-refractivity contribution >= 4 is 27.6 Å². The van der Waals surface area contributed by atoms with Gasteiger partial charge in [-0.1, -0.05) is 18.2 Å². The maximum absolute atomic E-state index is 5.93. The molecule has 1 saturated heterocycles. The number of hydrogen-bond donors (Lipinski definition) is 1. The number of aromatic nitrogens is 4. The van der Waals surface area contributed by atoms with Crippen molar-refractivity contribution in [1.82, 2.24) is 19.5 Å². The number of nitrogens with two attached hydrogens (primary N) is 1. The van der Waals surface area contributed by atoms with Crippen molar-refractivity contribution in [3.05, 3.63) is 84.9 Å². The molecule has 7 nitrogen and oxygen atoms in total.